The first-order valence-electron chi connectivity index (χ1n) is 8.08. The van der Waals surface area contributed by atoms with Crippen molar-refractivity contribution in [3.05, 3.63) is 29.8 Å². The highest BCUT2D eigenvalue weighted by Crippen LogP contribution is 2.28. The highest BCUT2D eigenvalue weighted by Gasteiger charge is 2.27. The standard InChI is InChI=1S/C17H25N3O/c18-9-7-14-4-3-10-19(12-14)13-17(21)20-11-8-15-5-1-2-6-16(15)20/h1-2,5-6,14H,3-4,7-13,18H2. The Hall–Kier alpha value is -1.39. The van der Waals surface area contributed by atoms with Gasteiger partial charge in [0, 0.05) is 18.8 Å². The van der Waals surface area contributed by atoms with Crippen molar-refractivity contribution in [2.24, 2.45) is 11.7 Å². The van der Waals surface area contributed by atoms with Crippen LogP contribution in [0.25, 0.3) is 0 Å². The van der Waals surface area contributed by atoms with Crippen LogP contribution in [0.3, 0.4) is 0 Å². The molecule has 1 amide bonds. The molecule has 1 atom stereocenters. The van der Waals surface area contributed by atoms with E-state index in [0.717, 1.165) is 44.7 Å². The van der Waals surface area contributed by atoms with Gasteiger partial charge < -0.3 is 10.6 Å². The Morgan fingerprint density at radius 2 is 2.14 bits per heavy atom. The lowest BCUT2D eigenvalue weighted by atomic mass is 9.95. The maximum Gasteiger partial charge on any atom is 0.241 e. The summed E-state index contributed by atoms with van der Waals surface area (Å²) in [4.78, 5) is 16.9. The predicted octanol–water partition coefficient (Wildman–Crippen LogP) is 1.64. The van der Waals surface area contributed by atoms with Crippen LogP contribution >= 0.6 is 0 Å². The largest absolute Gasteiger partial charge is 0.330 e. The van der Waals surface area contributed by atoms with Crippen molar-refractivity contribution < 1.29 is 4.79 Å². The average Bonchev–Trinajstić information content (AvgIpc) is 2.92. The van der Waals surface area contributed by atoms with E-state index in [2.05, 4.69) is 23.1 Å². The van der Waals surface area contributed by atoms with Crippen molar-refractivity contribution in [1.29, 1.82) is 0 Å². The molecule has 0 spiro atoms. The van der Waals surface area contributed by atoms with E-state index in [4.69, 9.17) is 5.73 Å². The Morgan fingerprint density at radius 1 is 1.29 bits per heavy atom. The van der Waals surface area contributed by atoms with Crippen molar-refractivity contribution >= 4 is 11.6 Å². The van der Waals surface area contributed by atoms with Gasteiger partial charge in [-0.15, -0.1) is 0 Å². The number of hydrogen-bond donors (Lipinski definition) is 1. The molecular formula is C17H25N3O. The molecule has 1 fully saturated rings. The van der Waals surface area contributed by atoms with Gasteiger partial charge in [0.05, 0.1) is 6.54 Å². The van der Waals surface area contributed by atoms with Crippen molar-refractivity contribution in [2.45, 2.75) is 25.7 Å². The van der Waals surface area contributed by atoms with Gasteiger partial charge in [0.25, 0.3) is 0 Å². The Balaban J connectivity index is 1.60. The average molecular weight is 287 g/mol. The molecule has 2 aliphatic heterocycles. The SMILES string of the molecule is NCCC1CCCN(CC(=O)N2CCc3ccccc32)C1. The van der Waals surface area contributed by atoms with E-state index in [9.17, 15) is 4.79 Å². The molecule has 2 heterocycles. The number of carbonyl (C=O) groups is 1. The third kappa shape index (κ3) is 3.27. The third-order valence-corrected chi connectivity index (χ3v) is 4.73. The highest BCUT2D eigenvalue weighted by atomic mass is 16.2. The first-order chi connectivity index (χ1) is 10.3. The van der Waals surface area contributed by atoms with Gasteiger partial charge in [0.2, 0.25) is 5.91 Å². The van der Waals surface area contributed by atoms with Crippen LogP contribution in [0, 0.1) is 5.92 Å². The zero-order chi connectivity index (χ0) is 14.7. The molecule has 1 unspecified atom stereocenters. The quantitative estimate of drug-likeness (QED) is 0.916. The molecule has 0 aliphatic carbocycles. The van der Waals surface area contributed by atoms with Crippen LogP contribution in [0.4, 0.5) is 5.69 Å². The van der Waals surface area contributed by atoms with E-state index in [1.807, 2.05) is 11.0 Å². The molecule has 3 rings (SSSR count). The van der Waals surface area contributed by atoms with Crippen molar-refractivity contribution in [3.63, 3.8) is 0 Å². The van der Waals surface area contributed by atoms with E-state index in [1.54, 1.807) is 0 Å². The summed E-state index contributed by atoms with van der Waals surface area (Å²) in [5.41, 5.74) is 8.07. The maximum absolute atomic E-state index is 12.6. The van der Waals surface area contributed by atoms with Gasteiger partial charge in [-0.25, -0.2) is 0 Å². The molecule has 1 aromatic rings. The van der Waals surface area contributed by atoms with Crippen LogP contribution in [0.15, 0.2) is 24.3 Å². The van der Waals surface area contributed by atoms with E-state index in [-0.39, 0.29) is 5.91 Å². The van der Waals surface area contributed by atoms with Gasteiger partial charge in [-0.05, 0) is 56.3 Å². The summed E-state index contributed by atoms with van der Waals surface area (Å²) in [5.74, 6) is 0.913. The fourth-order valence-corrected chi connectivity index (χ4v) is 3.64. The molecule has 0 aromatic heterocycles. The summed E-state index contributed by atoms with van der Waals surface area (Å²) in [7, 11) is 0. The molecule has 2 aliphatic rings. The molecule has 4 heteroatoms. The molecule has 21 heavy (non-hydrogen) atoms. The number of piperidine rings is 1. The summed E-state index contributed by atoms with van der Waals surface area (Å²) in [6.45, 7) is 4.21. The van der Waals surface area contributed by atoms with Gasteiger partial charge in [-0.3, -0.25) is 9.69 Å². The lowest BCUT2D eigenvalue weighted by molar-refractivity contribution is -0.120. The number of rotatable bonds is 4. The Bertz CT molecular complexity index is 501. The monoisotopic (exact) mass is 287 g/mol. The second-order valence-corrected chi connectivity index (χ2v) is 6.24. The lowest BCUT2D eigenvalue weighted by Crippen LogP contribution is -2.44. The number of hydrogen-bond acceptors (Lipinski definition) is 3. The topological polar surface area (TPSA) is 49.6 Å². The van der Waals surface area contributed by atoms with Crippen LogP contribution < -0.4 is 10.6 Å². The fourth-order valence-electron chi connectivity index (χ4n) is 3.64. The number of nitrogens with zero attached hydrogens (tertiary/aromatic N) is 2. The Morgan fingerprint density at radius 3 is 3.00 bits per heavy atom. The summed E-state index contributed by atoms with van der Waals surface area (Å²) in [6.07, 6.45) is 4.51. The minimum absolute atomic E-state index is 0.244. The van der Waals surface area contributed by atoms with Gasteiger partial charge in [0.1, 0.15) is 0 Å². The number of amides is 1. The second kappa shape index (κ2) is 6.58. The Kier molecular flexibility index (Phi) is 4.56. The number of para-hydroxylation sites is 1. The van der Waals surface area contributed by atoms with E-state index in [1.165, 1.54) is 18.4 Å². The third-order valence-electron chi connectivity index (χ3n) is 4.73. The van der Waals surface area contributed by atoms with E-state index in [0.29, 0.717) is 12.5 Å². The minimum atomic E-state index is 0.244. The van der Waals surface area contributed by atoms with Crippen LogP contribution in [0.1, 0.15) is 24.8 Å². The molecule has 1 saturated heterocycles. The number of carbonyl (C=O) groups excluding carboxylic acids is 1. The van der Waals surface area contributed by atoms with Crippen LogP contribution in [-0.4, -0.2) is 43.5 Å². The number of nitrogens with two attached hydrogens (primary N) is 1. The number of benzene rings is 1. The van der Waals surface area contributed by atoms with Gasteiger partial charge in [-0.2, -0.15) is 0 Å². The fraction of sp³-hybridized carbons (Fsp3) is 0.588. The number of fused-ring (bicyclic) bond motifs is 1. The summed E-state index contributed by atoms with van der Waals surface area (Å²) >= 11 is 0. The normalized spacial score (nSPS) is 22.3. The molecule has 0 saturated carbocycles. The van der Waals surface area contributed by atoms with Crippen molar-refractivity contribution in [2.75, 3.05) is 37.6 Å². The molecule has 4 nitrogen and oxygen atoms in total. The van der Waals surface area contributed by atoms with E-state index < -0.39 is 0 Å². The zero-order valence-electron chi connectivity index (χ0n) is 12.6. The molecular weight excluding hydrogens is 262 g/mol. The molecule has 0 radical (unpaired) electrons. The van der Waals surface area contributed by atoms with Crippen LogP contribution in [0.5, 0.6) is 0 Å². The molecule has 2 N–H and O–H groups in total. The predicted molar refractivity (Wildman–Crippen MR) is 85.3 cm³/mol. The summed E-state index contributed by atoms with van der Waals surface area (Å²) in [6, 6.07) is 8.26. The van der Waals surface area contributed by atoms with Gasteiger partial charge in [0.15, 0.2) is 0 Å². The van der Waals surface area contributed by atoms with Crippen molar-refractivity contribution in [1.82, 2.24) is 4.90 Å². The van der Waals surface area contributed by atoms with Crippen LogP contribution in [-0.2, 0) is 11.2 Å². The molecule has 0 bridgehead atoms. The van der Waals surface area contributed by atoms with Crippen LogP contribution in [0.2, 0.25) is 0 Å². The molecule has 1 aromatic carbocycles. The van der Waals surface area contributed by atoms with E-state index >= 15 is 0 Å². The van der Waals surface area contributed by atoms with Crippen molar-refractivity contribution in [3.8, 4) is 0 Å². The smallest absolute Gasteiger partial charge is 0.241 e. The first-order valence-corrected chi connectivity index (χ1v) is 8.08. The molecule has 114 valence electrons. The first kappa shape index (κ1) is 14.5. The minimum Gasteiger partial charge on any atom is -0.330 e. The second-order valence-electron chi connectivity index (χ2n) is 6.24. The maximum atomic E-state index is 12.6. The van der Waals surface area contributed by atoms with Gasteiger partial charge in [-0.1, -0.05) is 18.2 Å². The van der Waals surface area contributed by atoms with Gasteiger partial charge >= 0.3 is 0 Å². The Labute approximate surface area is 126 Å². The summed E-state index contributed by atoms with van der Waals surface area (Å²) in [5, 5.41) is 0. The number of likely N-dealkylation sites (tertiary alicyclic amines) is 1. The number of anilines is 1. The zero-order valence-corrected chi connectivity index (χ0v) is 12.6. The summed E-state index contributed by atoms with van der Waals surface area (Å²) < 4.78 is 0. The highest BCUT2D eigenvalue weighted by molar-refractivity contribution is 5.96. The lowest BCUT2D eigenvalue weighted by Gasteiger charge is -2.33.